The molecule has 6 heteroatoms. The number of nitrogens with zero attached hydrogens (tertiary/aromatic N) is 3. The molecule has 2 N–H and O–H groups in total. The van der Waals surface area contributed by atoms with Crippen LogP contribution in [-0.4, -0.2) is 14.1 Å². The van der Waals surface area contributed by atoms with Crippen molar-refractivity contribution < 1.29 is 4.74 Å². The Labute approximate surface area is 401 Å². The highest BCUT2D eigenvalue weighted by Gasteiger charge is 2.21. The fourth-order valence-electron chi connectivity index (χ4n) is 9.81. The first-order valence-electron chi connectivity index (χ1n) is 23.5. The minimum absolute atomic E-state index is 0.0165. The van der Waals surface area contributed by atoms with Crippen molar-refractivity contribution in [2.45, 2.75) is 26.2 Å². The lowest BCUT2D eigenvalue weighted by molar-refractivity contribution is 0.483. The first-order chi connectivity index (χ1) is 33.8. The molecule has 0 atom stereocenters. The molecule has 0 radical (unpaired) electrons. The summed E-state index contributed by atoms with van der Waals surface area (Å²) < 4.78 is 11.3. The van der Waals surface area contributed by atoms with Crippen molar-refractivity contribution in [2.75, 3.05) is 10.6 Å². The molecule has 9 aromatic carbocycles. The van der Waals surface area contributed by atoms with Gasteiger partial charge in [0.2, 0.25) is 0 Å². The van der Waals surface area contributed by atoms with Gasteiger partial charge < -0.3 is 19.9 Å². The lowest BCUT2D eigenvalue weighted by Gasteiger charge is -2.22. The second-order valence-corrected chi connectivity index (χ2v) is 18.6. The Balaban J connectivity index is 0.917. The van der Waals surface area contributed by atoms with Gasteiger partial charge in [-0.05, 0) is 101 Å². The molecule has 3 aromatic heterocycles. The molecule has 0 aliphatic rings. The van der Waals surface area contributed by atoms with E-state index < -0.39 is 0 Å². The topological polar surface area (TPSA) is 56.0 Å². The van der Waals surface area contributed by atoms with Crippen molar-refractivity contribution >= 4 is 66.4 Å². The van der Waals surface area contributed by atoms with Crippen molar-refractivity contribution in [3.63, 3.8) is 0 Å². The van der Waals surface area contributed by atoms with E-state index in [-0.39, 0.29) is 5.41 Å². The summed E-state index contributed by atoms with van der Waals surface area (Å²) in [5.41, 5.74) is 15.0. The summed E-state index contributed by atoms with van der Waals surface area (Å²) in [5.74, 6) is 2.35. The van der Waals surface area contributed by atoms with Crippen LogP contribution in [0.15, 0.2) is 231 Å². The summed E-state index contributed by atoms with van der Waals surface area (Å²) in [5, 5.41) is 12.5. The summed E-state index contributed by atoms with van der Waals surface area (Å²) in [6.45, 7) is 6.70. The normalized spacial score (nSPS) is 11.7. The Morgan fingerprint density at radius 1 is 0.420 bits per heavy atom. The molecule has 0 bridgehead atoms. The maximum absolute atomic E-state index is 6.69. The van der Waals surface area contributed by atoms with Gasteiger partial charge >= 0.3 is 0 Å². The predicted octanol–water partition coefficient (Wildman–Crippen LogP) is 17.2. The lowest BCUT2D eigenvalue weighted by Crippen LogP contribution is -2.12. The summed E-state index contributed by atoms with van der Waals surface area (Å²) in [7, 11) is 0. The van der Waals surface area contributed by atoms with Crippen LogP contribution in [0, 0.1) is 0 Å². The molecule has 0 aliphatic carbocycles. The van der Waals surface area contributed by atoms with Crippen molar-refractivity contribution in [2.24, 2.45) is 0 Å². The first kappa shape index (κ1) is 41.6. The van der Waals surface area contributed by atoms with Crippen LogP contribution in [0.3, 0.4) is 0 Å². The fourth-order valence-corrected chi connectivity index (χ4v) is 9.81. The maximum atomic E-state index is 6.69. The zero-order chi connectivity index (χ0) is 46.5. The molecule has 0 fully saturated rings. The second kappa shape index (κ2) is 17.1. The Bertz CT molecular complexity index is 3750. The molecule has 0 amide bonds. The summed E-state index contributed by atoms with van der Waals surface area (Å²) in [4.78, 5) is 4.88. The first-order valence-corrected chi connectivity index (χ1v) is 23.5. The maximum Gasteiger partial charge on any atom is 0.137 e. The monoisotopic (exact) mass is 891 g/mol. The molecule has 0 aliphatic heterocycles. The number of benzene rings is 9. The minimum atomic E-state index is -0.0165. The van der Waals surface area contributed by atoms with E-state index in [4.69, 9.17) is 9.72 Å². The van der Waals surface area contributed by atoms with Crippen LogP contribution in [0.5, 0.6) is 11.5 Å². The number of rotatable bonds is 10. The van der Waals surface area contributed by atoms with E-state index in [0.29, 0.717) is 0 Å². The smallest absolute Gasteiger partial charge is 0.137 e. The van der Waals surface area contributed by atoms with E-state index in [0.717, 1.165) is 84.4 Å². The van der Waals surface area contributed by atoms with Gasteiger partial charge in [-0.2, -0.15) is 0 Å². The molecule has 6 nitrogen and oxygen atoms in total. The van der Waals surface area contributed by atoms with Crippen molar-refractivity contribution in [1.82, 2.24) is 14.1 Å². The third-order valence-electron chi connectivity index (χ3n) is 13.2. The van der Waals surface area contributed by atoms with Crippen LogP contribution in [-0.2, 0) is 5.41 Å². The molecule has 0 saturated heterocycles. The average molecular weight is 892 g/mol. The number of nitrogens with one attached hydrogen (secondary N) is 2. The fraction of sp³-hybridized carbons (Fsp3) is 0.0635. The van der Waals surface area contributed by atoms with Gasteiger partial charge in [0.05, 0.1) is 39.1 Å². The molecule has 12 aromatic rings. The van der Waals surface area contributed by atoms with Gasteiger partial charge in [-0.1, -0.05) is 154 Å². The molecular formula is C63H49N5O. The van der Waals surface area contributed by atoms with Crippen LogP contribution in [0.4, 0.5) is 22.7 Å². The zero-order valence-corrected chi connectivity index (χ0v) is 38.7. The highest BCUT2D eigenvalue weighted by Crippen LogP contribution is 2.45. The van der Waals surface area contributed by atoms with E-state index in [1.54, 1.807) is 0 Å². The van der Waals surface area contributed by atoms with Gasteiger partial charge in [0.25, 0.3) is 0 Å². The van der Waals surface area contributed by atoms with Gasteiger partial charge in [-0.25, -0.2) is 4.98 Å². The number of hydrogen-bond donors (Lipinski definition) is 2. The highest BCUT2D eigenvalue weighted by molar-refractivity contribution is 6.11. The number of para-hydroxylation sites is 5. The van der Waals surface area contributed by atoms with Crippen molar-refractivity contribution in [3.8, 4) is 45.3 Å². The predicted molar refractivity (Wildman–Crippen MR) is 288 cm³/mol. The van der Waals surface area contributed by atoms with Crippen LogP contribution in [0.1, 0.15) is 26.3 Å². The summed E-state index contributed by atoms with van der Waals surface area (Å²) in [6.07, 6.45) is 1.91. The molecule has 0 spiro atoms. The SMILES string of the molecule is CC(C)(C)c1ccnc(-n2c3ccccc3c3ccc(Oc4cccc(Nc5ccccc5Nc5c(-c6ccccc6)cc(-n6c7ccccc7c7ccccc76)cc5-c5ccccc5)c4)cc32)c1. The molecule has 332 valence electrons. The van der Waals surface area contributed by atoms with Gasteiger partial charge in [0.1, 0.15) is 17.3 Å². The number of ether oxygens (including phenoxy) is 1. The van der Waals surface area contributed by atoms with Gasteiger partial charge in [-0.3, -0.25) is 4.57 Å². The molecular weight excluding hydrogens is 843 g/mol. The lowest BCUT2D eigenvalue weighted by atomic mass is 9.88. The van der Waals surface area contributed by atoms with E-state index in [1.807, 2.05) is 18.3 Å². The molecule has 3 heterocycles. The number of fused-ring (bicyclic) bond motifs is 6. The number of anilines is 4. The minimum Gasteiger partial charge on any atom is -0.457 e. The standard InChI is InChI=1S/C63H49N5O/c1-63(2,3)44-35-36-64-61(37-44)68-59-32-17-12-27-51(59)52-34-33-48(41-60(52)68)69-47-24-18-23-45(38-47)65-55-28-13-14-29-56(55)66-62-53(42-19-6-4-7-20-42)39-46(40-54(62)43-21-8-5-9-22-43)67-57-30-15-10-25-49(57)50-26-11-16-31-58(50)67/h4-41,65-66H,1-3H3. The van der Waals surface area contributed by atoms with E-state index in [1.165, 1.54) is 32.8 Å². The highest BCUT2D eigenvalue weighted by atomic mass is 16.5. The number of aromatic nitrogens is 3. The Morgan fingerprint density at radius 3 is 1.55 bits per heavy atom. The Morgan fingerprint density at radius 2 is 0.942 bits per heavy atom. The van der Waals surface area contributed by atoms with E-state index >= 15 is 0 Å². The van der Waals surface area contributed by atoms with E-state index in [2.05, 4.69) is 253 Å². The average Bonchev–Trinajstić information content (AvgIpc) is 3.90. The Hall–Kier alpha value is -8.87. The molecule has 0 unspecified atom stereocenters. The van der Waals surface area contributed by atoms with Crippen LogP contribution < -0.4 is 15.4 Å². The zero-order valence-electron chi connectivity index (χ0n) is 38.7. The van der Waals surface area contributed by atoms with Gasteiger partial charge in [0, 0.05) is 62.4 Å². The molecule has 12 rings (SSSR count). The third-order valence-corrected chi connectivity index (χ3v) is 13.2. The summed E-state index contributed by atoms with van der Waals surface area (Å²) in [6, 6.07) is 79.1. The Kier molecular flexibility index (Phi) is 10.3. The largest absolute Gasteiger partial charge is 0.457 e. The third kappa shape index (κ3) is 7.72. The quantitative estimate of drug-likeness (QED) is 0.144. The number of pyridine rings is 1. The summed E-state index contributed by atoms with van der Waals surface area (Å²) >= 11 is 0. The van der Waals surface area contributed by atoms with Crippen LogP contribution in [0.25, 0.3) is 77.4 Å². The van der Waals surface area contributed by atoms with Crippen molar-refractivity contribution in [3.05, 3.63) is 236 Å². The molecule has 0 saturated carbocycles. The van der Waals surface area contributed by atoms with Crippen LogP contribution >= 0.6 is 0 Å². The van der Waals surface area contributed by atoms with Crippen molar-refractivity contribution in [1.29, 1.82) is 0 Å². The number of hydrogen-bond acceptors (Lipinski definition) is 4. The molecule has 69 heavy (non-hydrogen) atoms. The second-order valence-electron chi connectivity index (χ2n) is 18.6. The van der Waals surface area contributed by atoms with Gasteiger partial charge in [0.15, 0.2) is 0 Å². The van der Waals surface area contributed by atoms with Gasteiger partial charge in [-0.15, -0.1) is 0 Å². The van der Waals surface area contributed by atoms with E-state index in [9.17, 15) is 0 Å². The van der Waals surface area contributed by atoms with Crippen LogP contribution in [0.2, 0.25) is 0 Å².